The molecule has 1 fully saturated rings. The van der Waals surface area contributed by atoms with Gasteiger partial charge < -0.3 is 4.74 Å². The van der Waals surface area contributed by atoms with E-state index in [2.05, 4.69) is 13.8 Å². The van der Waals surface area contributed by atoms with Crippen molar-refractivity contribution in [2.24, 2.45) is 5.92 Å². The zero-order valence-electron chi connectivity index (χ0n) is 8.84. The fraction of sp³-hybridized carbons (Fsp3) is 0.500. The van der Waals surface area contributed by atoms with Crippen LogP contribution in [0.1, 0.15) is 19.4 Å². The molecule has 1 unspecified atom stereocenters. The molecule has 1 saturated heterocycles. The molecule has 1 nitrogen and oxygen atoms in total. The van der Waals surface area contributed by atoms with Crippen molar-refractivity contribution >= 4 is 23.2 Å². The Labute approximate surface area is 100 Å². The van der Waals surface area contributed by atoms with Crippen molar-refractivity contribution in [3.8, 4) is 0 Å². The number of halogens is 2. The van der Waals surface area contributed by atoms with Crippen molar-refractivity contribution in [2.75, 3.05) is 5.88 Å². The van der Waals surface area contributed by atoms with Crippen LogP contribution in [0.25, 0.3) is 0 Å². The summed E-state index contributed by atoms with van der Waals surface area (Å²) in [6.45, 7) is 4.25. The van der Waals surface area contributed by atoms with Crippen molar-refractivity contribution in [1.82, 2.24) is 0 Å². The Balaban J connectivity index is 2.32. The van der Waals surface area contributed by atoms with Crippen LogP contribution in [0.3, 0.4) is 0 Å². The van der Waals surface area contributed by atoms with E-state index in [4.69, 9.17) is 27.9 Å². The van der Waals surface area contributed by atoms with Gasteiger partial charge in [0.15, 0.2) is 0 Å². The SMILES string of the molecule is CC1[C@@H](C)O[C@@]1(CCl)c1ccc(Cl)cc1. The van der Waals surface area contributed by atoms with Crippen LogP contribution in [0.2, 0.25) is 5.02 Å². The molecule has 15 heavy (non-hydrogen) atoms. The molecule has 0 bridgehead atoms. The maximum absolute atomic E-state index is 6.04. The zero-order valence-corrected chi connectivity index (χ0v) is 10.3. The van der Waals surface area contributed by atoms with E-state index in [0.717, 1.165) is 10.6 Å². The van der Waals surface area contributed by atoms with Crippen LogP contribution >= 0.6 is 23.2 Å². The molecule has 2 rings (SSSR count). The second kappa shape index (κ2) is 3.97. The summed E-state index contributed by atoms with van der Waals surface area (Å²) in [5, 5.41) is 0.739. The Morgan fingerprint density at radius 2 is 1.87 bits per heavy atom. The van der Waals surface area contributed by atoms with Crippen LogP contribution < -0.4 is 0 Å². The molecule has 0 saturated carbocycles. The van der Waals surface area contributed by atoms with Crippen LogP contribution in [-0.4, -0.2) is 12.0 Å². The number of benzene rings is 1. The Kier molecular flexibility index (Phi) is 2.98. The molecule has 0 aliphatic carbocycles. The number of ether oxygens (including phenoxy) is 1. The first-order valence-corrected chi connectivity index (χ1v) is 6.01. The molecular formula is C12H14Cl2O. The lowest BCUT2D eigenvalue weighted by molar-refractivity contribution is -0.243. The molecule has 1 aromatic carbocycles. The predicted molar refractivity (Wildman–Crippen MR) is 63.6 cm³/mol. The lowest BCUT2D eigenvalue weighted by Gasteiger charge is -2.52. The van der Waals surface area contributed by atoms with Gasteiger partial charge in [-0.3, -0.25) is 0 Å². The van der Waals surface area contributed by atoms with E-state index in [9.17, 15) is 0 Å². The summed E-state index contributed by atoms with van der Waals surface area (Å²) >= 11 is 11.9. The third-order valence-corrected chi connectivity index (χ3v) is 4.02. The summed E-state index contributed by atoms with van der Waals surface area (Å²) in [4.78, 5) is 0. The molecule has 0 N–H and O–H groups in total. The summed E-state index contributed by atoms with van der Waals surface area (Å²) in [6.07, 6.45) is 0.277. The highest BCUT2D eigenvalue weighted by Gasteiger charge is 2.51. The molecule has 1 heterocycles. The van der Waals surface area contributed by atoms with Gasteiger partial charge in [-0.2, -0.15) is 0 Å². The van der Waals surface area contributed by atoms with Crippen LogP contribution in [0, 0.1) is 5.92 Å². The molecular weight excluding hydrogens is 231 g/mol. The third-order valence-electron chi connectivity index (χ3n) is 3.37. The van der Waals surface area contributed by atoms with Crippen molar-refractivity contribution in [2.45, 2.75) is 25.6 Å². The number of rotatable bonds is 2. The molecule has 0 amide bonds. The Hall–Kier alpha value is -0.240. The molecule has 3 heteroatoms. The molecule has 0 spiro atoms. The van der Waals surface area contributed by atoms with Gasteiger partial charge in [0.25, 0.3) is 0 Å². The first-order chi connectivity index (χ1) is 7.10. The van der Waals surface area contributed by atoms with E-state index in [1.807, 2.05) is 24.3 Å². The summed E-state index contributed by atoms with van der Waals surface area (Å²) in [5.41, 5.74) is 0.804. The van der Waals surface area contributed by atoms with Gasteiger partial charge in [0.1, 0.15) is 5.60 Å². The smallest absolute Gasteiger partial charge is 0.112 e. The second-order valence-electron chi connectivity index (χ2n) is 4.14. The molecule has 0 radical (unpaired) electrons. The summed E-state index contributed by atoms with van der Waals surface area (Å²) in [7, 11) is 0. The average molecular weight is 245 g/mol. The number of alkyl halides is 1. The topological polar surface area (TPSA) is 9.23 Å². The summed E-state index contributed by atoms with van der Waals surface area (Å²) < 4.78 is 5.84. The molecule has 1 aliphatic heterocycles. The zero-order chi connectivity index (χ0) is 11.1. The summed E-state index contributed by atoms with van der Waals surface area (Å²) in [5.74, 6) is 0.927. The highest BCUT2D eigenvalue weighted by molar-refractivity contribution is 6.30. The lowest BCUT2D eigenvalue weighted by Crippen LogP contribution is -2.56. The van der Waals surface area contributed by atoms with Gasteiger partial charge in [-0.1, -0.05) is 30.7 Å². The third kappa shape index (κ3) is 1.67. The minimum absolute atomic E-state index is 0.277. The van der Waals surface area contributed by atoms with Gasteiger partial charge in [0, 0.05) is 10.9 Å². The van der Waals surface area contributed by atoms with Crippen molar-refractivity contribution < 1.29 is 4.74 Å². The fourth-order valence-electron chi connectivity index (χ4n) is 2.14. The quantitative estimate of drug-likeness (QED) is 0.719. The van der Waals surface area contributed by atoms with E-state index in [-0.39, 0.29) is 11.7 Å². The molecule has 3 atom stereocenters. The highest BCUT2D eigenvalue weighted by Crippen LogP contribution is 2.47. The van der Waals surface area contributed by atoms with Crippen molar-refractivity contribution in [3.05, 3.63) is 34.9 Å². The largest absolute Gasteiger partial charge is 0.365 e. The number of hydrogen-bond donors (Lipinski definition) is 0. The molecule has 0 aromatic heterocycles. The second-order valence-corrected chi connectivity index (χ2v) is 4.85. The van der Waals surface area contributed by atoms with Gasteiger partial charge in [-0.25, -0.2) is 0 Å². The van der Waals surface area contributed by atoms with Crippen LogP contribution in [-0.2, 0) is 10.3 Å². The van der Waals surface area contributed by atoms with E-state index < -0.39 is 0 Å². The molecule has 1 aliphatic rings. The standard InChI is InChI=1S/C12H14Cl2O/c1-8-9(2)15-12(8,7-13)10-3-5-11(14)6-4-10/h3-6,8-9H,7H2,1-2H3/t8?,9-,12-/m1/s1. The maximum Gasteiger partial charge on any atom is 0.112 e. The monoisotopic (exact) mass is 244 g/mol. The van der Waals surface area contributed by atoms with E-state index in [1.54, 1.807) is 0 Å². The minimum atomic E-state index is -0.314. The average Bonchev–Trinajstić information content (AvgIpc) is 2.26. The normalized spacial score (nSPS) is 34.9. The maximum atomic E-state index is 6.04. The van der Waals surface area contributed by atoms with Gasteiger partial charge in [-0.05, 0) is 24.6 Å². The van der Waals surface area contributed by atoms with Crippen LogP contribution in [0.15, 0.2) is 24.3 Å². The van der Waals surface area contributed by atoms with Gasteiger partial charge in [0.05, 0.1) is 12.0 Å². The Bertz CT molecular complexity index is 349. The lowest BCUT2D eigenvalue weighted by atomic mass is 9.75. The van der Waals surface area contributed by atoms with Crippen molar-refractivity contribution in [1.29, 1.82) is 0 Å². The van der Waals surface area contributed by atoms with Gasteiger partial charge in [-0.15, -0.1) is 11.6 Å². The molecule has 1 aromatic rings. The van der Waals surface area contributed by atoms with E-state index in [1.165, 1.54) is 0 Å². The van der Waals surface area contributed by atoms with Crippen LogP contribution in [0.4, 0.5) is 0 Å². The van der Waals surface area contributed by atoms with Crippen LogP contribution in [0.5, 0.6) is 0 Å². The Morgan fingerprint density at radius 1 is 1.27 bits per heavy atom. The predicted octanol–water partition coefficient (Wildman–Crippen LogP) is 3.83. The first kappa shape index (κ1) is 11.3. The molecule has 82 valence electrons. The summed E-state index contributed by atoms with van der Waals surface area (Å²) in [6, 6.07) is 7.74. The first-order valence-electron chi connectivity index (χ1n) is 5.10. The van der Waals surface area contributed by atoms with Gasteiger partial charge >= 0.3 is 0 Å². The Morgan fingerprint density at radius 3 is 2.27 bits per heavy atom. The van der Waals surface area contributed by atoms with Crippen molar-refractivity contribution in [3.63, 3.8) is 0 Å². The van der Waals surface area contributed by atoms with Gasteiger partial charge in [0.2, 0.25) is 0 Å². The van der Waals surface area contributed by atoms with E-state index >= 15 is 0 Å². The minimum Gasteiger partial charge on any atom is -0.365 e. The number of hydrogen-bond acceptors (Lipinski definition) is 1. The fourth-order valence-corrected chi connectivity index (χ4v) is 2.73. The van der Waals surface area contributed by atoms with E-state index in [0.29, 0.717) is 11.8 Å². The highest BCUT2D eigenvalue weighted by atomic mass is 35.5.